The summed E-state index contributed by atoms with van der Waals surface area (Å²) in [6.45, 7) is 4.43. The Hall–Kier alpha value is -2.24. The van der Waals surface area contributed by atoms with Crippen molar-refractivity contribution in [2.75, 3.05) is 0 Å². The number of amides is 1. The first-order chi connectivity index (χ1) is 8.68. The van der Waals surface area contributed by atoms with Crippen LogP contribution >= 0.6 is 0 Å². The van der Waals surface area contributed by atoms with Crippen LogP contribution in [0.3, 0.4) is 0 Å². The van der Waals surface area contributed by atoms with Crippen LogP contribution in [0.15, 0.2) is 30.9 Å². The number of hydrogen-bond acceptors (Lipinski definition) is 4. The number of carbonyl (C=O) groups excluding carboxylic acids is 1. The molecule has 0 spiro atoms. The highest BCUT2D eigenvalue weighted by Crippen LogP contribution is 2.10. The highest BCUT2D eigenvalue weighted by molar-refractivity contribution is 5.90. The predicted molar refractivity (Wildman–Crippen MR) is 65.6 cm³/mol. The highest BCUT2D eigenvalue weighted by atomic mass is 16.2. The molecule has 1 amide bonds. The minimum Gasteiger partial charge on any atom is -0.329 e. The molecule has 2 aromatic heterocycles. The molecule has 0 bridgehead atoms. The standard InChI is InChI=1S/C12H15N5O/c1-9(2)17(7-10-4-3-5-13-6-10)12(18)11-14-8-15-16-11/h3-6,8-9H,7H2,1-2H3,(H,14,15,16). The molecule has 2 rings (SSSR count). The van der Waals surface area contributed by atoms with Crippen LogP contribution in [0.1, 0.15) is 30.0 Å². The number of H-pyrrole nitrogens is 1. The van der Waals surface area contributed by atoms with Gasteiger partial charge in [-0.15, -0.1) is 0 Å². The molecule has 0 aromatic carbocycles. The summed E-state index contributed by atoms with van der Waals surface area (Å²) in [6, 6.07) is 3.87. The van der Waals surface area contributed by atoms with Gasteiger partial charge in [0.2, 0.25) is 5.82 Å². The van der Waals surface area contributed by atoms with Crippen LogP contribution in [0.5, 0.6) is 0 Å². The van der Waals surface area contributed by atoms with Gasteiger partial charge in [0, 0.05) is 25.0 Å². The molecule has 2 heterocycles. The lowest BCUT2D eigenvalue weighted by molar-refractivity contribution is 0.0678. The lowest BCUT2D eigenvalue weighted by Gasteiger charge is -2.25. The zero-order chi connectivity index (χ0) is 13.0. The van der Waals surface area contributed by atoms with Gasteiger partial charge in [0.1, 0.15) is 6.33 Å². The van der Waals surface area contributed by atoms with Crippen molar-refractivity contribution in [1.29, 1.82) is 0 Å². The molecule has 0 aliphatic carbocycles. The van der Waals surface area contributed by atoms with Gasteiger partial charge in [-0.05, 0) is 25.5 Å². The van der Waals surface area contributed by atoms with Crippen molar-refractivity contribution in [2.45, 2.75) is 26.4 Å². The molecular formula is C12H15N5O. The van der Waals surface area contributed by atoms with Gasteiger partial charge in [-0.1, -0.05) is 6.07 Å². The third kappa shape index (κ3) is 2.71. The lowest BCUT2D eigenvalue weighted by atomic mass is 10.2. The van der Waals surface area contributed by atoms with Crippen LogP contribution in [-0.4, -0.2) is 37.0 Å². The second kappa shape index (κ2) is 5.39. The molecular weight excluding hydrogens is 230 g/mol. The van der Waals surface area contributed by atoms with Crippen molar-refractivity contribution in [3.63, 3.8) is 0 Å². The summed E-state index contributed by atoms with van der Waals surface area (Å²) >= 11 is 0. The number of hydrogen-bond donors (Lipinski definition) is 1. The first-order valence-electron chi connectivity index (χ1n) is 5.73. The SMILES string of the molecule is CC(C)N(Cc1cccnc1)C(=O)c1ncn[nH]1. The number of aromatic nitrogens is 4. The van der Waals surface area contributed by atoms with Crippen LogP contribution in [0.4, 0.5) is 0 Å². The molecule has 0 aliphatic heterocycles. The van der Waals surface area contributed by atoms with Gasteiger partial charge in [0.05, 0.1) is 0 Å². The van der Waals surface area contributed by atoms with Gasteiger partial charge in [0.25, 0.3) is 5.91 Å². The highest BCUT2D eigenvalue weighted by Gasteiger charge is 2.21. The van der Waals surface area contributed by atoms with Crippen molar-refractivity contribution in [3.8, 4) is 0 Å². The number of nitrogens with zero attached hydrogens (tertiary/aromatic N) is 4. The van der Waals surface area contributed by atoms with Crippen LogP contribution in [-0.2, 0) is 6.54 Å². The molecule has 0 unspecified atom stereocenters. The number of carbonyl (C=O) groups is 1. The Balaban J connectivity index is 2.17. The van der Waals surface area contributed by atoms with Crippen LogP contribution in [0.2, 0.25) is 0 Å². The van der Waals surface area contributed by atoms with Crippen molar-refractivity contribution >= 4 is 5.91 Å². The van der Waals surface area contributed by atoms with Gasteiger partial charge >= 0.3 is 0 Å². The molecule has 0 aliphatic rings. The summed E-state index contributed by atoms with van der Waals surface area (Å²) in [4.78, 5) is 21.9. The maximum absolute atomic E-state index is 12.2. The second-order valence-corrected chi connectivity index (χ2v) is 4.22. The van der Waals surface area contributed by atoms with E-state index in [4.69, 9.17) is 0 Å². The number of pyridine rings is 1. The Bertz CT molecular complexity index is 494. The summed E-state index contributed by atoms with van der Waals surface area (Å²) in [5.41, 5.74) is 0.985. The maximum atomic E-state index is 12.2. The summed E-state index contributed by atoms with van der Waals surface area (Å²) in [5.74, 6) is 0.0962. The topological polar surface area (TPSA) is 74.8 Å². The third-order valence-electron chi connectivity index (χ3n) is 2.58. The lowest BCUT2D eigenvalue weighted by Crippen LogP contribution is -2.37. The van der Waals surface area contributed by atoms with Gasteiger partial charge in [0.15, 0.2) is 0 Å². The molecule has 2 aromatic rings. The van der Waals surface area contributed by atoms with Crippen molar-refractivity contribution in [1.82, 2.24) is 25.1 Å². The molecule has 0 saturated heterocycles. The van der Waals surface area contributed by atoms with E-state index in [2.05, 4.69) is 20.2 Å². The normalized spacial score (nSPS) is 10.6. The number of nitrogens with one attached hydrogen (secondary N) is 1. The molecule has 18 heavy (non-hydrogen) atoms. The summed E-state index contributed by atoms with van der Waals surface area (Å²) in [7, 11) is 0. The van der Waals surface area contributed by atoms with Crippen LogP contribution in [0.25, 0.3) is 0 Å². The predicted octanol–water partition coefficient (Wildman–Crippen LogP) is 1.25. The van der Waals surface area contributed by atoms with E-state index in [1.807, 2.05) is 26.0 Å². The third-order valence-corrected chi connectivity index (χ3v) is 2.58. The Labute approximate surface area is 105 Å². The van der Waals surface area contributed by atoms with Crippen molar-refractivity contribution in [2.24, 2.45) is 0 Å². The maximum Gasteiger partial charge on any atom is 0.291 e. The molecule has 1 N–H and O–H groups in total. The average molecular weight is 245 g/mol. The smallest absolute Gasteiger partial charge is 0.291 e. The minimum atomic E-state index is -0.161. The molecule has 0 fully saturated rings. The number of rotatable bonds is 4. The Kier molecular flexibility index (Phi) is 3.66. The quantitative estimate of drug-likeness (QED) is 0.879. The second-order valence-electron chi connectivity index (χ2n) is 4.22. The fourth-order valence-corrected chi connectivity index (χ4v) is 1.62. The first-order valence-corrected chi connectivity index (χ1v) is 5.73. The molecule has 0 radical (unpaired) electrons. The fourth-order valence-electron chi connectivity index (χ4n) is 1.62. The van der Waals surface area contributed by atoms with E-state index in [0.29, 0.717) is 6.54 Å². The van der Waals surface area contributed by atoms with Crippen LogP contribution < -0.4 is 0 Å². The van der Waals surface area contributed by atoms with Crippen LogP contribution in [0, 0.1) is 0 Å². The number of aromatic amines is 1. The van der Waals surface area contributed by atoms with E-state index >= 15 is 0 Å². The molecule has 6 nitrogen and oxygen atoms in total. The van der Waals surface area contributed by atoms with E-state index in [1.54, 1.807) is 17.3 Å². The van der Waals surface area contributed by atoms with Crippen molar-refractivity contribution < 1.29 is 4.79 Å². The molecule has 0 atom stereocenters. The fraction of sp³-hybridized carbons (Fsp3) is 0.333. The van der Waals surface area contributed by atoms with E-state index in [0.717, 1.165) is 5.56 Å². The van der Waals surface area contributed by atoms with E-state index in [9.17, 15) is 4.79 Å². The molecule has 6 heteroatoms. The van der Waals surface area contributed by atoms with Gasteiger partial charge < -0.3 is 4.90 Å². The minimum absolute atomic E-state index is 0.0720. The van der Waals surface area contributed by atoms with E-state index < -0.39 is 0 Å². The van der Waals surface area contributed by atoms with Gasteiger partial charge in [-0.2, -0.15) is 5.10 Å². The zero-order valence-corrected chi connectivity index (χ0v) is 10.4. The van der Waals surface area contributed by atoms with E-state index in [-0.39, 0.29) is 17.8 Å². The Morgan fingerprint density at radius 3 is 2.89 bits per heavy atom. The molecule has 0 saturated carbocycles. The van der Waals surface area contributed by atoms with Crippen molar-refractivity contribution in [3.05, 3.63) is 42.2 Å². The summed E-state index contributed by atoms with van der Waals surface area (Å²) in [5, 5.41) is 6.29. The largest absolute Gasteiger partial charge is 0.329 e. The first kappa shape index (κ1) is 12.2. The Morgan fingerprint density at radius 2 is 2.33 bits per heavy atom. The monoisotopic (exact) mass is 245 g/mol. The zero-order valence-electron chi connectivity index (χ0n) is 10.4. The van der Waals surface area contributed by atoms with E-state index in [1.165, 1.54) is 6.33 Å². The van der Waals surface area contributed by atoms with Gasteiger partial charge in [-0.25, -0.2) is 4.98 Å². The van der Waals surface area contributed by atoms with Gasteiger partial charge in [-0.3, -0.25) is 14.9 Å². The Morgan fingerprint density at radius 1 is 1.50 bits per heavy atom. The summed E-state index contributed by atoms with van der Waals surface area (Å²) in [6.07, 6.45) is 4.79. The average Bonchev–Trinajstić information content (AvgIpc) is 2.90. The molecule has 94 valence electrons. The summed E-state index contributed by atoms with van der Waals surface area (Å²) < 4.78 is 0.